The highest BCUT2D eigenvalue weighted by molar-refractivity contribution is 5.72. The Labute approximate surface area is 199 Å². The Bertz CT molecular complexity index is 1260. The lowest BCUT2D eigenvalue weighted by Crippen LogP contribution is -2.31. The van der Waals surface area contributed by atoms with E-state index in [0.717, 1.165) is 0 Å². The Morgan fingerprint density at radius 1 is 0.758 bits per heavy atom. The van der Waals surface area contributed by atoms with Gasteiger partial charge in [-0.15, -0.1) is 0 Å². The third-order valence-electron chi connectivity index (χ3n) is 6.80. The molecule has 0 spiro atoms. The SMILES string of the molecule is Cc1ccc(-c2c(C)c(C)cn2-c2c(C(C)C)cc(-c3ccccc3)cc2C(C)C)[n+](C)c1. The quantitative estimate of drug-likeness (QED) is 0.282. The Balaban J connectivity index is 2.07. The smallest absolute Gasteiger partial charge is 0.229 e. The fraction of sp³-hybridized carbons (Fsp3) is 0.323. The minimum atomic E-state index is 0.406. The third-order valence-corrected chi connectivity index (χ3v) is 6.80. The molecule has 0 aliphatic rings. The van der Waals surface area contributed by atoms with Gasteiger partial charge in [0.15, 0.2) is 6.20 Å². The van der Waals surface area contributed by atoms with E-state index in [1.165, 1.54) is 56.0 Å². The van der Waals surface area contributed by atoms with Gasteiger partial charge in [0.2, 0.25) is 5.69 Å². The number of benzene rings is 2. The van der Waals surface area contributed by atoms with Gasteiger partial charge in [0.1, 0.15) is 12.7 Å². The van der Waals surface area contributed by atoms with Crippen molar-refractivity contribution in [2.24, 2.45) is 7.05 Å². The van der Waals surface area contributed by atoms with Crippen LogP contribution in [0.15, 0.2) is 67.0 Å². The number of rotatable bonds is 5. The molecule has 2 aromatic heterocycles. The maximum Gasteiger partial charge on any atom is 0.229 e. The van der Waals surface area contributed by atoms with E-state index in [4.69, 9.17) is 0 Å². The number of aryl methyl sites for hydroxylation is 3. The topological polar surface area (TPSA) is 8.81 Å². The second-order valence-corrected chi connectivity index (χ2v) is 10.0. The molecule has 0 radical (unpaired) electrons. The molecule has 2 nitrogen and oxygen atoms in total. The van der Waals surface area contributed by atoms with Crippen molar-refractivity contribution in [2.75, 3.05) is 0 Å². The van der Waals surface area contributed by atoms with E-state index in [1.54, 1.807) is 0 Å². The number of hydrogen-bond donors (Lipinski definition) is 0. The van der Waals surface area contributed by atoms with E-state index in [2.05, 4.69) is 132 Å². The van der Waals surface area contributed by atoms with Gasteiger partial charge in [-0.1, -0.05) is 58.0 Å². The van der Waals surface area contributed by atoms with Crippen LogP contribution in [0.2, 0.25) is 0 Å². The summed E-state index contributed by atoms with van der Waals surface area (Å²) in [5.74, 6) is 0.813. The molecule has 0 N–H and O–H groups in total. The van der Waals surface area contributed by atoms with Crippen LogP contribution in [0.3, 0.4) is 0 Å². The van der Waals surface area contributed by atoms with Gasteiger partial charge < -0.3 is 4.57 Å². The van der Waals surface area contributed by atoms with Crippen molar-refractivity contribution < 1.29 is 4.57 Å². The fourth-order valence-corrected chi connectivity index (χ4v) is 4.84. The van der Waals surface area contributed by atoms with Crippen LogP contribution >= 0.6 is 0 Å². The first kappa shape index (κ1) is 23.0. The molecule has 170 valence electrons. The van der Waals surface area contributed by atoms with E-state index >= 15 is 0 Å². The van der Waals surface area contributed by atoms with Gasteiger partial charge in [0.25, 0.3) is 0 Å². The molecule has 0 saturated carbocycles. The largest absolute Gasteiger partial charge is 0.310 e. The summed E-state index contributed by atoms with van der Waals surface area (Å²) in [5, 5.41) is 0. The molecule has 0 unspecified atom stereocenters. The maximum atomic E-state index is 2.47. The Morgan fingerprint density at radius 3 is 1.91 bits per heavy atom. The highest BCUT2D eigenvalue weighted by Gasteiger charge is 2.25. The lowest BCUT2D eigenvalue weighted by molar-refractivity contribution is -0.660. The van der Waals surface area contributed by atoms with E-state index in [1.807, 2.05) is 0 Å². The van der Waals surface area contributed by atoms with Crippen LogP contribution in [0.5, 0.6) is 0 Å². The van der Waals surface area contributed by atoms with E-state index in [0.29, 0.717) is 11.8 Å². The average Bonchev–Trinajstić information content (AvgIpc) is 3.07. The molecule has 4 aromatic rings. The van der Waals surface area contributed by atoms with Gasteiger partial charge >= 0.3 is 0 Å². The van der Waals surface area contributed by atoms with Crippen molar-refractivity contribution in [1.82, 2.24) is 4.57 Å². The third kappa shape index (κ3) is 4.27. The van der Waals surface area contributed by atoms with Crippen molar-refractivity contribution in [2.45, 2.75) is 60.3 Å². The lowest BCUT2D eigenvalue weighted by Gasteiger charge is -2.24. The van der Waals surface area contributed by atoms with Crippen molar-refractivity contribution >= 4 is 0 Å². The molecule has 2 aromatic carbocycles. The molecule has 0 bridgehead atoms. The number of pyridine rings is 1. The minimum Gasteiger partial charge on any atom is -0.310 e. The zero-order chi connectivity index (χ0) is 23.9. The van der Waals surface area contributed by atoms with Crippen LogP contribution < -0.4 is 4.57 Å². The second-order valence-electron chi connectivity index (χ2n) is 10.0. The van der Waals surface area contributed by atoms with Crippen LogP contribution in [0.1, 0.15) is 67.3 Å². The van der Waals surface area contributed by atoms with Gasteiger partial charge in [0.05, 0.1) is 5.69 Å². The predicted molar refractivity (Wildman–Crippen MR) is 140 cm³/mol. The Hall–Kier alpha value is -3.13. The summed E-state index contributed by atoms with van der Waals surface area (Å²) < 4.78 is 4.73. The summed E-state index contributed by atoms with van der Waals surface area (Å²) in [6.07, 6.45) is 4.55. The summed E-state index contributed by atoms with van der Waals surface area (Å²) in [6.45, 7) is 15.9. The van der Waals surface area contributed by atoms with Crippen molar-refractivity contribution in [3.63, 3.8) is 0 Å². The molecule has 0 amide bonds. The van der Waals surface area contributed by atoms with Crippen molar-refractivity contribution in [1.29, 1.82) is 0 Å². The van der Waals surface area contributed by atoms with Gasteiger partial charge in [-0.05, 0) is 84.2 Å². The Morgan fingerprint density at radius 2 is 1.36 bits per heavy atom. The van der Waals surface area contributed by atoms with Gasteiger partial charge in [-0.25, -0.2) is 0 Å². The molecular weight excluding hydrogens is 400 g/mol. The summed E-state index contributed by atoms with van der Waals surface area (Å²) in [7, 11) is 2.15. The summed E-state index contributed by atoms with van der Waals surface area (Å²) in [5.41, 5.74) is 13.2. The molecular formula is C31H37N2+. The van der Waals surface area contributed by atoms with Crippen molar-refractivity contribution in [3.8, 4) is 28.2 Å². The van der Waals surface area contributed by atoms with Crippen LogP contribution in [0, 0.1) is 20.8 Å². The van der Waals surface area contributed by atoms with Crippen molar-refractivity contribution in [3.05, 3.63) is 94.8 Å². The first-order valence-corrected chi connectivity index (χ1v) is 12.1. The van der Waals surface area contributed by atoms with Crippen LogP contribution in [-0.2, 0) is 7.05 Å². The van der Waals surface area contributed by atoms with Gasteiger partial charge in [0, 0.05) is 17.8 Å². The summed E-state index contributed by atoms with van der Waals surface area (Å²) in [4.78, 5) is 0. The Kier molecular flexibility index (Phi) is 6.30. The maximum absolute atomic E-state index is 2.47. The van der Waals surface area contributed by atoms with Crippen LogP contribution in [-0.4, -0.2) is 4.57 Å². The molecule has 0 fully saturated rings. The van der Waals surface area contributed by atoms with Gasteiger partial charge in [-0.3, -0.25) is 0 Å². The molecule has 0 atom stereocenters. The number of aromatic nitrogens is 2. The van der Waals surface area contributed by atoms with Gasteiger partial charge in [-0.2, -0.15) is 4.57 Å². The highest BCUT2D eigenvalue weighted by atomic mass is 15.0. The zero-order valence-electron chi connectivity index (χ0n) is 21.4. The molecule has 0 aliphatic carbocycles. The first-order chi connectivity index (χ1) is 15.7. The predicted octanol–water partition coefficient (Wildman–Crippen LogP) is 7.81. The molecule has 0 aliphatic heterocycles. The molecule has 2 heteroatoms. The highest BCUT2D eigenvalue weighted by Crippen LogP contribution is 2.39. The zero-order valence-corrected chi connectivity index (χ0v) is 21.4. The van der Waals surface area contributed by atoms with E-state index in [9.17, 15) is 0 Å². The molecule has 33 heavy (non-hydrogen) atoms. The first-order valence-electron chi connectivity index (χ1n) is 12.1. The summed E-state index contributed by atoms with van der Waals surface area (Å²) >= 11 is 0. The van der Waals surface area contributed by atoms with E-state index < -0.39 is 0 Å². The molecule has 2 heterocycles. The standard InChI is InChI=1S/C31H37N2/c1-20(2)27-16-26(25-12-10-9-11-13-25)17-28(21(3)4)31(27)33-19-23(6)24(7)30(33)29-15-14-22(5)18-32(29)8/h9-21H,1-8H3/q+1. The van der Waals surface area contributed by atoms with E-state index in [-0.39, 0.29) is 0 Å². The second kappa shape index (κ2) is 9.02. The van der Waals surface area contributed by atoms with Crippen LogP contribution in [0.4, 0.5) is 0 Å². The minimum absolute atomic E-state index is 0.406. The number of hydrogen-bond acceptors (Lipinski definition) is 0. The molecule has 4 rings (SSSR count). The average molecular weight is 438 g/mol. The molecule has 0 saturated heterocycles. The van der Waals surface area contributed by atoms with Crippen LogP contribution in [0.25, 0.3) is 28.2 Å². The lowest BCUT2D eigenvalue weighted by atomic mass is 9.88. The summed E-state index contributed by atoms with van der Waals surface area (Å²) in [6, 6.07) is 20.1. The fourth-order valence-electron chi connectivity index (χ4n) is 4.84. The number of nitrogens with zero attached hydrogens (tertiary/aromatic N) is 2. The monoisotopic (exact) mass is 437 g/mol. The normalized spacial score (nSPS) is 11.6.